The van der Waals surface area contributed by atoms with E-state index in [2.05, 4.69) is 0 Å². The summed E-state index contributed by atoms with van der Waals surface area (Å²) in [5.74, 6) is -9.18. The monoisotopic (exact) mass is 608 g/mol. The van der Waals surface area contributed by atoms with Crippen molar-refractivity contribution in [3.63, 3.8) is 0 Å². The van der Waals surface area contributed by atoms with E-state index < -0.39 is 35.7 Å². The van der Waals surface area contributed by atoms with Gasteiger partial charge in [-0.05, 0) is 24.3 Å². The molecule has 0 unspecified atom stereocenters. The first-order valence-electron chi connectivity index (χ1n) is 12.8. The lowest BCUT2D eigenvalue weighted by Gasteiger charge is -2.30. The number of hydrogen-bond donors (Lipinski definition) is 0. The second kappa shape index (κ2) is 11.3. The molecule has 0 saturated heterocycles. The molecule has 0 radical (unpaired) electrons. The zero-order chi connectivity index (χ0) is 31.8. The maximum atomic E-state index is 13.6. The Kier molecular flexibility index (Phi) is 7.68. The van der Waals surface area contributed by atoms with Crippen LogP contribution in [0.4, 0.5) is 49.1 Å². The largest absolute Gasteiger partial charge is 0.460 e. The highest BCUT2D eigenvalue weighted by Gasteiger charge is 2.48. The summed E-state index contributed by atoms with van der Waals surface area (Å²) in [5, 5.41) is 0.00580. The summed E-state index contributed by atoms with van der Waals surface area (Å²) in [6.07, 6.45) is -11.0. The fraction of sp³-hybridized carbons (Fsp3) is 0.0625. The van der Waals surface area contributed by atoms with Crippen molar-refractivity contribution in [2.75, 3.05) is 9.80 Å². The van der Waals surface area contributed by atoms with Gasteiger partial charge in [0.1, 0.15) is 0 Å². The lowest BCUT2D eigenvalue weighted by atomic mass is 9.95. The number of carbonyl (C=O) groups is 4. The number of para-hydroxylation sites is 2. The molecule has 0 aromatic heterocycles. The molecule has 44 heavy (non-hydrogen) atoms. The van der Waals surface area contributed by atoms with E-state index in [1.807, 2.05) is 0 Å². The number of halogens is 6. The molecule has 0 fully saturated rings. The van der Waals surface area contributed by atoms with Gasteiger partial charge in [0, 0.05) is 32.9 Å². The lowest BCUT2D eigenvalue weighted by Crippen LogP contribution is -2.41. The third-order valence-corrected chi connectivity index (χ3v) is 6.66. The number of ketones is 2. The van der Waals surface area contributed by atoms with Crippen LogP contribution < -0.4 is 9.80 Å². The standard InChI is InChI=1S/C32H18F6N2O4/c33-31(34,35)27(41)29(43)39(19-11-3-1-4-12-19)25-21-15-7-9-17-23(21)26(24-18-10-8-16-22(24)25)40(20-13-5-2-6-14-20)30(44)28(42)32(36,37)38/h1-18H. The summed E-state index contributed by atoms with van der Waals surface area (Å²) in [6, 6.07) is 25.4. The molecule has 5 aromatic carbocycles. The van der Waals surface area contributed by atoms with E-state index in [9.17, 15) is 45.5 Å². The van der Waals surface area contributed by atoms with Crippen LogP contribution in [-0.4, -0.2) is 35.7 Å². The zero-order valence-corrected chi connectivity index (χ0v) is 22.2. The van der Waals surface area contributed by atoms with Crippen LogP contribution in [0, 0.1) is 0 Å². The van der Waals surface area contributed by atoms with Crippen LogP contribution in [0.3, 0.4) is 0 Å². The van der Waals surface area contributed by atoms with Gasteiger partial charge in [-0.2, -0.15) is 26.3 Å². The third kappa shape index (κ3) is 5.37. The molecule has 0 aliphatic carbocycles. The van der Waals surface area contributed by atoms with Gasteiger partial charge in [-0.15, -0.1) is 0 Å². The predicted octanol–water partition coefficient (Wildman–Crippen LogP) is 7.59. The predicted molar refractivity (Wildman–Crippen MR) is 151 cm³/mol. The Hall–Kier alpha value is -5.52. The van der Waals surface area contributed by atoms with E-state index in [1.54, 1.807) is 0 Å². The zero-order valence-electron chi connectivity index (χ0n) is 22.2. The van der Waals surface area contributed by atoms with Crippen molar-refractivity contribution < 1.29 is 45.5 Å². The Labute approximate surface area is 244 Å². The van der Waals surface area contributed by atoms with E-state index in [-0.39, 0.29) is 44.3 Å². The molecule has 0 N–H and O–H groups in total. The maximum Gasteiger partial charge on any atom is 0.460 e. The van der Waals surface area contributed by atoms with Crippen LogP contribution in [0.15, 0.2) is 109 Å². The number of alkyl halides is 6. The van der Waals surface area contributed by atoms with Crippen LogP contribution in [0.2, 0.25) is 0 Å². The summed E-state index contributed by atoms with van der Waals surface area (Å²) >= 11 is 0. The first-order valence-corrected chi connectivity index (χ1v) is 12.8. The summed E-state index contributed by atoms with van der Waals surface area (Å²) in [4.78, 5) is 52.5. The van der Waals surface area contributed by atoms with Crippen LogP contribution in [0.1, 0.15) is 0 Å². The molecule has 6 nitrogen and oxygen atoms in total. The van der Waals surface area contributed by atoms with E-state index >= 15 is 0 Å². The highest BCUT2D eigenvalue weighted by atomic mass is 19.4. The molecule has 0 atom stereocenters. The van der Waals surface area contributed by atoms with Crippen molar-refractivity contribution in [3.05, 3.63) is 109 Å². The third-order valence-electron chi connectivity index (χ3n) is 6.66. The topological polar surface area (TPSA) is 74.8 Å². The van der Waals surface area contributed by atoms with Gasteiger partial charge in [-0.25, -0.2) is 0 Å². The molecule has 0 bridgehead atoms. The Morgan fingerprint density at radius 1 is 0.409 bits per heavy atom. The van der Waals surface area contributed by atoms with Crippen molar-refractivity contribution in [2.45, 2.75) is 12.4 Å². The Balaban J connectivity index is 1.93. The molecule has 222 valence electrons. The lowest BCUT2D eigenvalue weighted by molar-refractivity contribution is -0.174. The fourth-order valence-electron chi connectivity index (χ4n) is 4.86. The SMILES string of the molecule is O=C(C(=O)C(F)(F)F)N(c1ccccc1)c1c2ccccc2c(N(C(=O)C(=O)C(F)(F)F)c2ccccc2)c2ccccc12. The quantitative estimate of drug-likeness (QED) is 0.0862. The molecule has 2 amide bonds. The first-order chi connectivity index (χ1) is 20.8. The number of hydrogen-bond acceptors (Lipinski definition) is 4. The van der Waals surface area contributed by atoms with Gasteiger partial charge in [-0.1, -0.05) is 84.9 Å². The van der Waals surface area contributed by atoms with Gasteiger partial charge in [0.2, 0.25) is 0 Å². The van der Waals surface area contributed by atoms with Gasteiger partial charge in [-0.3, -0.25) is 29.0 Å². The summed E-state index contributed by atoms with van der Waals surface area (Å²) in [6.45, 7) is 0. The van der Waals surface area contributed by atoms with Crippen molar-refractivity contribution >= 4 is 67.7 Å². The van der Waals surface area contributed by atoms with Gasteiger partial charge < -0.3 is 0 Å². The normalized spacial score (nSPS) is 11.8. The Morgan fingerprint density at radius 3 is 0.909 bits per heavy atom. The second-order valence-electron chi connectivity index (χ2n) is 9.39. The van der Waals surface area contributed by atoms with E-state index in [4.69, 9.17) is 0 Å². The van der Waals surface area contributed by atoms with Gasteiger partial charge >= 0.3 is 35.7 Å². The number of Topliss-reactive ketones (excluding diaryl/α,β-unsaturated/α-hetero) is 2. The fourth-order valence-corrected chi connectivity index (χ4v) is 4.86. The highest BCUT2D eigenvalue weighted by molar-refractivity contribution is 6.48. The summed E-state index contributed by atoms with van der Waals surface area (Å²) in [7, 11) is 0. The maximum absolute atomic E-state index is 13.6. The van der Waals surface area contributed by atoms with Gasteiger partial charge in [0.05, 0.1) is 11.4 Å². The Morgan fingerprint density at radius 2 is 0.659 bits per heavy atom. The molecule has 12 heteroatoms. The van der Waals surface area contributed by atoms with Gasteiger partial charge in [0.15, 0.2) is 0 Å². The van der Waals surface area contributed by atoms with Gasteiger partial charge in [0.25, 0.3) is 0 Å². The van der Waals surface area contributed by atoms with Crippen molar-refractivity contribution in [3.8, 4) is 0 Å². The average Bonchev–Trinajstić information content (AvgIpc) is 3.01. The molecule has 0 aliphatic heterocycles. The number of amides is 2. The van der Waals surface area contributed by atoms with E-state index in [1.165, 1.54) is 109 Å². The average molecular weight is 608 g/mol. The minimum atomic E-state index is -5.52. The second-order valence-corrected chi connectivity index (χ2v) is 9.39. The van der Waals surface area contributed by atoms with E-state index in [0.717, 1.165) is 0 Å². The molecule has 0 heterocycles. The number of anilines is 4. The minimum Gasteiger partial charge on any atom is -0.278 e. The molecule has 0 aliphatic rings. The Bertz CT molecular complexity index is 1730. The van der Waals surface area contributed by atoms with Crippen molar-refractivity contribution in [1.82, 2.24) is 0 Å². The molecule has 0 spiro atoms. The molecular formula is C32H18F6N2O4. The number of carbonyl (C=O) groups excluding carboxylic acids is 4. The van der Waals surface area contributed by atoms with Crippen LogP contribution >= 0.6 is 0 Å². The molecular weight excluding hydrogens is 590 g/mol. The van der Waals surface area contributed by atoms with Crippen molar-refractivity contribution in [2.24, 2.45) is 0 Å². The molecule has 0 saturated carbocycles. The first kappa shape index (κ1) is 30.0. The highest BCUT2D eigenvalue weighted by Crippen LogP contribution is 2.47. The number of benzene rings is 5. The minimum absolute atomic E-state index is 0.00145. The number of fused-ring (bicyclic) bond motifs is 2. The molecule has 5 rings (SSSR count). The molecule has 5 aromatic rings. The summed E-state index contributed by atoms with van der Waals surface area (Å²) < 4.78 is 81.4. The van der Waals surface area contributed by atoms with Crippen LogP contribution in [0.25, 0.3) is 21.5 Å². The van der Waals surface area contributed by atoms with Crippen LogP contribution in [-0.2, 0) is 19.2 Å². The van der Waals surface area contributed by atoms with Crippen molar-refractivity contribution in [1.29, 1.82) is 0 Å². The van der Waals surface area contributed by atoms with Crippen LogP contribution in [0.5, 0.6) is 0 Å². The smallest absolute Gasteiger partial charge is 0.278 e. The number of rotatable bonds is 6. The number of nitrogens with zero attached hydrogens (tertiary/aromatic N) is 2. The summed E-state index contributed by atoms with van der Waals surface area (Å²) in [5.41, 5.74) is -0.615. The van der Waals surface area contributed by atoms with E-state index in [0.29, 0.717) is 9.80 Å².